The standard InChI is InChI=1S/C31H38/c1-29(2,3)23-13-14-24-21(19-23)20-26-25(24)15-16-27(30(4,5)6)28(26)31(17-9-10-18-31)22-11-7-8-12-22/h7-8,11-16,19,22H,9-10,17-18,20H2,1-6H3. The van der Waals surface area contributed by atoms with Gasteiger partial charge in [-0.2, -0.15) is 0 Å². The summed E-state index contributed by atoms with van der Waals surface area (Å²) in [6.07, 6.45) is 15.9. The van der Waals surface area contributed by atoms with E-state index in [9.17, 15) is 0 Å². The van der Waals surface area contributed by atoms with Crippen LogP contribution < -0.4 is 0 Å². The van der Waals surface area contributed by atoms with Gasteiger partial charge in [0, 0.05) is 11.3 Å². The summed E-state index contributed by atoms with van der Waals surface area (Å²) < 4.78 is 0. The fourth-order valence-corrected chi connectivity index (χ4v) is 6.49. The van der Waals surface area contributed by atoms with Gasteiger partial charge in [-0.25, -0.2) is 0 Å². The first kappa shape index (κ1) is 20.8. The Labute approximate surface area is 189 Å². The second-order valence-corrected chi connectivity index (χ2v) is 12.2. The van der Waals surface area contributed by atoms with Gasteiger partial charge >= 0.3 is 0 Å². The molecule has 0 heterocycles. The fraction of sp³-hybridized carbons (Fsp3) is 0.484. The van der Waals surface area contributed by atoms with Gasteiger partial charge in [0.2, 0.25) is 0 Å². The number of rotatable bonds is 2. The molecule has 0 saturated heterocycles. The molecule has 0 nitrogen and oxygen atoms in total. The molecular weight excluding hydrogens is 372 g/mol. The summed E-state index contributed by atoms with van der Waals surface area (Å²) in [5, 5.41) is 0. The third-order valence-electron chi connectivity index (χ3n) is 8.13. The molecule has 5 rings (SSSR count). The zero-order valence-corrected chi connectivity index (χ0v) is 20.3. The Morgan fingerprint density at radius 3 is 2.03 bits per heavy atom. The third-order valence-corrected chi connectivity index (χ3v) is 8.13. The second-order valence-electron chi connectivity index (χ2n) is 12.2. The van der Waals surface area contributed by atoms with Crippen LogP contribution in [-0.2, 0) is 22.7 Å². The molecule has 2 aromatic carbocycles. The van der Waals surface area contributed by atoms with Crippen molar-refractivity contribution in [2.75, 3.05) is 0 Å². The van der Waals surface area contributed by atoms with Crippen molar-refractivity contribution >= 4 is 0 Å². The zero-order valence-electron chi connectivity index (χ0n) is 20.3. The van der Waals surface area contributed by atoms with Crippen LogP contribution >= 0.6 is 0 Å². The smallest absolute Gasteiger partial charge is 0.00565 e. The van der Waals surface area contributed by atoms with Crippen molar-refractivity contribution in [3.63, 3.8) is 0 Å². The molecule has 1 saturated carbocycles. The molecule has 3 aliphatic rings. The molecule has 0 atom stereocenters. The molecule has 0 spiro atoms. The molecule has 2 aromatic rings. The van der Waals surface area contributed by atoms with E-state index in [4.69, 9.17) is 0 Å². The van der Waals surface area contributed by atoms with E-state index in [1.54, 1.807) is 16.7 Å². The van der Waals surface area contributed by atoms with Crippen LogP contribution in [-0.4, -0.2) is 0 Å². The Balaban J connectivity index is 1.74. The lowest BCUT2D eigenvalue weighted by Gasteiger charge is -2.40. The van der Waals surface area contributed by atoms with Gasteiger partial charge < -0.3 is 0 Å². The number of allylic oxidation sites excluding steroid dienone is 4. The lowest BCUT2D eigenvalue weighted by molar-refractivity contribution is 0.364. The van der Waals surface area contributed by atoms with Crippen LogP contribution in [0.2, 0.25) is 0 Å². The van der Waals surface area contributed by atoms with E-state index in [0.29, 0.717) is 5.92 Å². The molecule has 3 aliphatic carbocycles. The number of benzene rings is 2. The lowest BCUT2D eigenvalue weighted by atomic mass is 9.63. The Morgan fingerprint density at radius 1 is 0.774 bits per heavy atom. The maximum atomic E-state index is 2.49. The number of hydrogen-bond donors (Lipinski definition) is 0. The van der Waals surface area contributed by atoms with E-state index in [0.717, 1.165) is 6.42 Å². The Kier molecular flexibility index (Phi) is 4.67. The highest BCUT2D eigenvalue weighted by Gasteiger charge is 2.46. The van der Waals surface area contributed by atoms with Crippen molar-refractivity contribution in [1.29, 1.82) is 0 Å². The lowest BCUT2D eigenvalue weighted by Crippen LogP contribution is -2.34. The molecule has 162 valence electrons. The Hall–Kier alpha value is -2.08. The van der Waals surface area contributed by atoms with Gasteiger partial charge in [0.1, 0.15) is 0 Å². The van der Waals surface area contributed by atoms with Crippen molar-refractivity contribution in [3.05, 3.63) is 82.5 Å². The average molecular weight is 411 g/mol. The Bertz CT molecular complexity index is 1060. The Morgan fingerprint density at radius 2 is 1.42 bits per heavy atom. The fourth-order valence-electron chi connectivity index (χ4n) is 6.49. The van der Waals surface area contributed by atoms with E-state index < -0.39 is 0 Å². The van der Waals surface area contributed by atoms with Crippen molar-refractivity contribution in [2.24, 2.45) is 5.92 Å². The van der Waals surface area contributed by atoms with Crippen LogP contribution in [0.15, 0.2) is 54.6 Å². The molecule has 0 amide bonds. The van der Waals surface area contributed by atoms with Gasteiger partial charge in [0.15, 0.2) is 0 Å². The molecule has 1 fully saturated rings. The van der Waals surface area contributed by atoms with Crippen LogP contribution in [0.25, 0.3) is 11.1 Å². The van der Waals surface area contributed by atoms with E-state index in [2.05, 4.69) is 96.2 Å². The van der Waals surface area contributed by atoms with Crippen molar-refractivity contribution in [2.45, 2.75) is 89.9 Å². The molecule has 0 bridgehead atoms. The minimum atomic E-state index is 0.150. The highest BCUT2D eigenvalue weighted by molar-refractivity contribution is 5.80. The summed E-state index contributed by atoms with van der Waals surface area (Å²) >= 11 is 0. The highest BCUT2D eigenvalue weighted by Crippen LogP contribution is 2.55. The molecule has 31 heavy (non-hydrogen) atoms. The molecule has 0 heteroatoms. The van der Waals surface area contributed by atoms with E-state index in [1.807, 2.05) is 0 Å². The maximum absolute atomic E-state index is 2.49. The van der Waals surface area contributed by atoms with Gasteiger partial charge in [-0.1, -0.05) is 109 Å². The van der Waals surface area contributed by atoms with E-state index >= 15 is 0 Å². The van der Waals surface area contributed by atoms with Crippen molar-refractivity contribution in [3.8, 4) is 11.1 Å². The normalized spacial score (nSPS) is 19.8. The molecule has 0 aliphatic heterocycles. The van der Waals surface area contributed by atoms with Crippen molar-refractivity contribution < 1.29 is 0 Å². The van der Waals surface area contributed by atoms with Crippen LogP contribution in [0.5, 0.6) is 0 Å². The zero-order chi connectivity index (χ0) is 22.0. The van der Waals surface area contributed by atoms with Crippen LogP contribution in [0.4, 0.5) is 0 Å². The quantitative estimate of drug-likeness (QED) is 0.398. The predicted octanol–water partition coefficient (Wildman–Crippen LogP) is 8.41. The van der Waals surface area contributed by atoms with Gasteiger partial charge in [-0.05, 0) is 69.0 Å². The number of hydrogen-bond acceptors (Lipinski definition) is 0. The summed E-state index contributed by atoms with van der Waals surface area (Å²) in [6, 6.07) is 12.2. The molecular formula is C31H38. The number of fused-ring (bicyclic) bond motifs is 3. The van der Waals surface area contributed by atoms with Gasteiger partial charge in [-0.3, -0.25) is 0 Å². The summed E-state index contributed by atoms with van der Waals surface area (Å²) in [4.78, 5) is 0. The van der Waals surface area contributed by atoms with E-state index in [1.165, 1.54) is 47.9 Å². The predicted molar refractivity (Wildman–Crippen MR) is 134 cm³/mol. The SMILES string of the molecule is CC(C)(C)c1ccc2c(c1)Cc1c-2ccc(C(C)(C)C)c1C1(C2C=CC=C2)CCCC1. The summed E-state index contributed by atoms with van der Waals surface area (Å²) in [6.45, 7) is 14.2. The minimum Gasteiger partial charge on any atom is -0.0767 e. The van der Waals surface area contributed by atoms with Crippen molar-refractivity contribution in [1.82, 2.24) is 0 Å². The van der Waals surface area contributed by atoms with Gasteiger partial charge in [0.25, 0.3) is 0 Å². The second kappa shape index (κ2) is 6.96. The first-order chi connectivity index (χ1) is 14.6. The van der Waals surface area contributed by atoms with Gasteiger partial charge in [-0.15, -0.1) is 0 Å². The highest BCUT2D eigenvalue weighted by atomic mass is 14.5. The molecule has 0 aromatic heterocycles. The molecule has 0 N–H and O–H groups in total. The largest absolute Gasteiger partial charge is 0.0767 e. The monoisotopic (exact) mass is 410 g/mol. The first-order valence-electron chi connectivity index (χ1n) is 12.3. The van der Waals surface area contributed by atoms with Crippen LogP contribution in [0.1, 0.15) is 95.0 Å². The topological polar surface area (TPSA) is 0 Å². The summed E-state index contributed by atoms with van der Waals surface area (Å²) in [7, 11) is 0. The average Bonchev–Trinajstić information content (AvgIpc) is 3.44. The maximum Gasteiger partial charge on any atom is 0.00565 e. The molecule has 0 radical (unpaired) electrons. The van der Waals surface area contributed by atoms with Crippen LogP contribution in [0.3, 0.4) is 0 Å². The van der Waals surface area contributed by atoms with E-state index in [-0.39, 0.29) is 16.2 Å². The third kappa shape index (κ3) is 3.25. The van der Waals surface area contributed by atoms with Crippen LogP contribution in [0, 0.1) is 5.92 Å². The molecule has 0 unspecified atom stereocenters. The first-order valence-corrected chi connectivity index (χ1v) is 12.3. The summed E-state index contributed by atoms with van der Waals surface area (Å²) in [5.74, 6) is 0.538. The summed E-state index contributed by atoms with van der Waals surface area (Å²) in [5.41, 5.74) is 11.4. The minimum absolute atomic E-state index is 0.150. The van der Waals surface area contributed by atoms with Gasteiger partial charge in [0.05, 0.1) is 0 Å².